The van der Waals surface area contributed by atoms with Crippen LogP contribution in [-0.2, 0) is 14.9 Å². The molecule has 0 saturated heterocycles. The quantitative estimate of drug-likeness (QED) is 0.327. The van der Waals surface area contributed by atoms with E-state index >= 15 is 0 Å². The molecule has 5 N–H and O–H groups in total. The summed E-state index contributed by atoms with van der Waals surface area (Å²) in [5.41, 5.74) is 0.00776. The average Bonchev–Trinajstić information content (AvgIpc) is 3.13. The highest BCUT2D eigenvalue weighted by Crippen LogP contribution is 2.68. The Hall–Kier alpha value is -0.740. The van der Waals surface area contributed by atoms with Gasteiger partial charge in [0.05, 0.1) is 24.1 Å². The Kier molecular flexibility index (Phi) is 7.69. The summed E-state index contributed by atoms with van der Waals surface area (Å²) in [6, 6.07) is 0. The fourth-order valence-electron chi connectivity index (χ4n) is 9.18. The van der Waals surface area contributed by atoms with Crippen LogP contribution in [-0.4, -0.2) is 64.8 Å². The summed E-state index contributed by atoms with van der Waals surface area (Å²) in [7, 11) is -4.08. The van der Waals surface area contributed by atoms with Gasteiger partial charge in [-0.25, -0.2) is 0 Å². The Morgan fingerprint density at radius 3 is 2.31 bits per heavy atom. The van der Waals surface area contributed by atoms with Crippen molar-refractivity contribution in [1.82, 2.24) is 5.32 Å². The number of fused-ring (bicyclic) bond motifs is 5. The van der Waals surface area contributed by atoms with E-state index in [1.165, 1.54) is 0 Å². The zero-order valence-corrected chi connectivity index (χ0v) is 22.2. The Labute approximate surface area is 210 Å². The minimum absolute atomic E-state index is 0.0479. The van der Waals surface area contributed by atoms with Gasteiger partial charge in [-0.2, -0.15) is 8.42 Å². The number of aliphatic hydroxyl groups is 3. The summed E-state index contributed by atoms with van der Waals surface area (Å²) in [5.74, 6) is 0.781. The summed E-state index contributed by atoms with van der Waals surface area (Å²) >= 11 is 0. The lowest BCUT2D eigenvalue weighted by Crippen LogP contribution is -2.64. The van der Waals surface area contributed by atoms with Crippen molar-refractivity contribution in [2.45, 2.75) is 96.9 Å². The molecule has 11 atom stereocenters. The minimum atomic E-state index is -4.08. The average molecular weight is 516 g/mol. The van der Waals surface area contributed by atoms with E-state index in [4.69, 9.17) is 4.55 Å². The number of carbonyl (C=O) groups excluding carboxylic acids is 1. The topological polar surface area (TPSA) is 144 Å². The Bertz CT molecular complexity index is 896. The molecule has 4 aliphatic rings. The maximum Gasteiger partial charge on any atom is 0.266 e. The molecule has 0 spiro atoms. The van der Waals surface area contributed by atoms with E-state index in [9.17, 15) is 28.5 Å². The van der Waals surface area contributed by atoms with Gasteiger partial charge in [-0.1, -0.05) is 20.8 Å². The largest absolute Gasteiger partial charge is 0.393 e. The molecule has 9 heteroatoms. The van der Waals surface area contributed by atoms with Gasteiger partial charge < -0.3 is 20.6 Å². The normalized spacial score (nSPS) is 46.3. The van der Waals surface area contributed by atoms with Crippen molar-refractivity contribution in [3.8, 4) is 0 Å². The third kappa shape index (κ3) is 5.05. The number of rotatable bonds is 7. The standard InChI is InChI=1S/C26H45NO7S/c1-15(4-7-21(29)27-12-13-35(32,33)34)17-5-6-18-22-19(9-11-25(17,18)2)26(3)10-8-16(28)14-20(26)23(30)24(22)31/h15-20,22-24,28,30-31H,4-14H2,1-3H3,(H,27,29)(H,32,33,34). The molecule has 35 heavy (non-hydrogen) atoms. The molecule has 0 aliphatic heterocycles. The number of nitrogens with one attached hydrogen (secondary N) is 1. The minimum Gasteiger partial charge on any atom is -0.393 e. The van der Waals surface area contributed by atoms with E-state index in [2.05, 4.69) is 26.1 Å². The number of carbonyl (C=O) groups is 1. The van der Waals surface area contributed by atoms with E-state index in [-0.39, 0.29) is 41.2 Å². The van der Waals surface area contributed by atoms with Crippen molar-refractivity contribution in [3.63, 3.8) is 0 Å². The molecule has 0 radical (unpaired) electrons. The van der Waals surface area contributed by atoms with Gasteiger partial charge in [0.1, 0.15) is 0 Å². The first kappa shape index (κ1) is 27.3. The third-order valence-electron chi connectivity index (χ3n) is 11.0. The lowest BCUT2D eigenvalue weighted by Gasteiger charge is -2.63. The van der Waals surface area contributed by atoms with Crippen LogP contribution in [0.3, 0.4) is 0 Å². The van der Waals surface area contributed by atoms with Crippen LogP contribution in [0.1, 0.15) is 78.6 Å². The van der Waals surface area contributed by atoms with Crippen LogP contribution in [0.25, 0.3) is 0 Å². The summed E-state index contributed by atoms with van der Waals surface area (Å²) in [4.78, 5) is 12.2. The van der Waals surface area contributed by atoms with Crippen LogP contribution in [0.4, 0.5) is 0 Å². The predicted molar refractivity (Wildman–Crippen MR) is 132 cm³/mol. The fraction of sp³-hybridized carbons (Fsp3) is 0.962. The molecule has 11 unspecified atom stereocenters. The van der Waals surface area contributed by atoms with Gasteiger partial charge in [-0.3, -0.25) is 9.35 Å². The number of amides is 1. The molecular weight excluding hydrogens is 470 g/mol. The first-order chi connectivity index (χ1) is 16.3. The van der Waals surface area contributed by atoms with Crippen molar-refractivity contribution in [2.75, 3.05) is 12.3 Å². The van der Waals surface area contributed by atoms with E-state index in [0.29, 0.717) is 42.9 Å². The smallest absolute Gasteiger partial charge is 0.266 e. The summed E-state index contributed by atoms with van der Waals surface area (Å²) in [6.45, 7) is 6.75. The lowest BCUT2D eigenvalue weighted by molar-refractivity contribution is -0.223. The zero-order chi connectivity index (χ0) is 25.8. The number of hydrogen-bond donors (Lipinski definition) is 5. The van der Waals surface area contributed by atoms with Gasteiger partial charge in [0.25, 0.3) is 10.1 Å². The van der Waals surface area contributed by atoms with E-state index in [1.54, 1.807) is 0 Å². The number of aliphatic hydroxyl groups excluding tert-OH is 3. The molecule has 0 aromatic carbocycles. The lowest BCUT2D eigenvalue weighted by atomic mass is 9.43. The van der Waals surface area contributed by atoms with Gasteiger partial charge in [0.2, 0.25) is 5.91 Å². The molecule has 4 aliphatic carbocycles. The van der Waals surface area contributed by atoms with E-state index in [0.717, 1.165) is 38.5 Å². The van der Waals surface area contributed by atoms with Crippen LogP contribution in [0.2, 0.25) is 0 Å². The molecule has 8 nitrogen and oxygen atoms in total. The molecule has 0 bridgehead atoms. The summed E-state index contributed by atoms with van der Waals surface area (Å²) in [6.07, 6.45) is 5.54. The maximum atomic E-state index is 12.2. The fourth-order valence-corrected chi connectivity index (χ4v) is 9.54. The molecule has 0 aromatic heterocycles. The monoisotopic (exact) mass is 515 g/mol. The van der Waals surface area contributed by atoms with Gasteiger partial charge in [0.15, 0.2) is 0 Å². The molecule has 4 fully saturated rings. The van der Waals surface area contributed by atoms with Crippen LogP contribution >= 0.6 is 0 Å². The molecule has 1 amide bonds. The first-order valence-corrected chi connectivity index (χ1v) is 15.1. The first-order valence-electron chi connectivity index (χ1n) is 13.5. The highest BCUT2D eigenvalue weighted by Gasteiger charge is 2.65. The second-order valence-corrected chi connectivity index (χ2v) is 14.3. The summed E-state index contributed by atoms with van der Waals surface area (Å²) in [5, 5.41) is 35.4. The Morgan fingerprint density at radius 1 is 0.971 bits per heavy atom. The third-order valence-corrected chi connectivity index (χ3v) is 11.7. The molecule has 0 heterocycles. The van der Waals surface area contributed by atoms with Gasteiger partial charge in [-0.05, 0) is 97.7 Å². The maximum absolute atomic E-state index is 12.2. The van der Waals surface area contributed by atoms with Crippen molar-refractivity contribution >= 4 is 16.0 Å². The highest BCUT2D eigenvalue weighted by molar-refractivity contribution is 7.85. The van der Waals surface area contributed by atoms with Crippen molar-refractivity contribution in [3.05, 3.63) is 0 Å². The van der Waals surface area contributed by atoms with E-state index < -0.39 is 28.1 Å². The zero-order valence-electron chi connectivity index (χ0n) is 21.4. The van der Waals surface area contributed by atoms with Crippen LogP contribution in [0.15, 0.2) is 0 Å². The van der Waals surface area contributed by atoms with Gasteiger partial charge in [0, 0.05) is 13.0 Å². The van der Waals surface area contributed by atoms with Crippen molar-refractivity contribution in [2.24, 2.45) is 46.3 Å². The van der Waals surface area contributed by atoms with Crippen LogP contribution in [0, 0.1) is 46.3 Å². The van der Waals surface area contributed by atoms with E-state index in [1.807, 2.05) is 0 Å². The van der Waals surface area contributed by atoms with Crippen LogP contribution in [0.5, 0.6) is 0 Å². The SMILES string of the molecule is CC(CCC(=O)NCCS(=O)(=O)O)C1CCC2C3C(O)C(O)C4CC(O)CCC4(C)C3CCC12C. The molecule has 4 rings (SSSR count). The van der Waals surface area contributed by atoms with Crippen molar-refractivity contribution in [1.29, 1.82) is 0 Å². The highest BCUT2D eigenvalue weighted by atomic mass is 32.2. The number of hydrogen-bond acceptors (Lipinski definition) is 6. The second-order valence-electron chi connectivity index (χ2n) is 12.7. The van der Waals surface area contributed by atoms with Crippen LogP contribution < -0.4 is 5.32 Å². The summed E-state index contributed by atoms with van der Waals surface area (Å²) < 4.78 is 30.5. The van der Waals surface area contributed by atoms with Gasteiger partial charge >= 0.3 is 0 Å². The Morgan fingerprint density at radius 2 is 1.63 bits per heavy atom. The van der Waals surface area contributed by atoms with Gasteiger partial charge in [-0.15, -0.1) is 0 Å². The van der Waals surface area contributed by atoms with Crippen molar-refractivity contribution < 1.29 is 33.1 Å². The molecular formula is C26H45NO7S. The molecule has 4 saturated carbocycles. The predicted octanol–water partition coefficient (Wildman–Crippen LogP) is 2.37. The Balaban J connectivity index is 1.42. The second kappa shape index (κ2) is 9.86. The molecule has 202 valence electrons. The molecule has 0 aromatic rings.